The molecule has 120 valence electrons. The molecule has 0 bridgehead atoms. The second-order valence-electron chi connectivity index (χ2n) is 5.77. The second-order valence-corrected chi connectivity index (χ2v) is 6.18. The largest absolute Gasteiger partial charge is 0.378 e. The Bertz CT molecular complexity index is 763. The van der Waals surface area contributed by atoms with Gasteiger partial charge >= 0.3 is 0 Å². The molecule has 0 fully saturated rings. The number of fused-ring (bicyclic) bond motifs is 1. The van der Waals surface area contributed by atoms with E-state index in [-0.39, 0.29) is 17.0 Å². The Kier molecular flexibility index (Phi) is 4.26. The summed E-state index contributed by atoms with van der Waals surface area (Å²) < 4.78 is 14.1. The first kappa shape index (κ1) is 15.8. The Morgan fingerprint density at radius 3 is 2.87 bits per heavy atom. The molecule has 0 aliphatic carbocycles. The summed E-state index contributed by atoms with van der Waals surface area (Å²) in [6.45, 7) is 4.18. The van der Waals surface area contributed by atoms with Crippen LogP contribution in [0.15, 0.2) is 36.4 Å². The van der Waals surface area contributed by atoms with E-state index >= 15 is 0 Å². The van der Waals surface area contributed by atoms with Gasteiger partial charge in [0.05, 0.1) is 11.1 Å². The highest BCUT2D eigenvalue weighted by Gasteiger charge is 2.22. The molecular weight excluding hydrogens is 315 g/mol. The predicted octanol–water partition coefficient (Wildman–Crippen LogP) is 4.56. The van der Waals surface area contributed by atoms with Gasteiger partial charge in [0.2, 0.25) is 5.91 Å². The van der Waals surface area contributed by atoms with E-state index in [1.54, 1.807) is 30.0 Å². The summed E-state index contributed by atoms with van der Waals surface area (Å²) in [5.41, 5.74) is 3.53. The lowest BCUT2D eigenvalue weighted by Gasteiger charge is -2.19. The number of nitrogens with one attached hydrogen (secondary N) is 1. The van der Waals surface area contributed by atoms with Crippen molar-refractivity contribution in [1.82, 2.24) is 0 Å². The van der Waals surface area contributed by atoms with Crippen LogP contribution in [0, 0.1) is 5.82 Å². The van der Waals surface area contributed by atoms with E-state index in [9.17, 15) is 9.18 Å². The van der Waals surface area contributed by atoms with E-state index in [1.165, 1.54) is 0 Å². The molecule has 0 aromatic heterocycles. The number of hydrogen-bond donors (Lipinski definition) is 1. The number of halogens is 2. The maximum atomic E-state index is 14.1. The highest BCUT2D eigenvalue weighted by molar-refractivity contribution is 6.30. The first-order chi connectivity index (χ1) is 11.0. The van der Waals surface area contributed by atoms with Gasteiger partial charge in [0, 0.05) is 30.4 Å². The van der Waals surface area contributed by atoms with E-state index in [2.05, 4.69) is 5.32 Å². The number of rotatable bonds is 3. The zero-order chi connectivity index (χ0) is 16.6. The molecule has 2 aromatic carbocycles. The fraction of sp³-hybridized carbons (Fsp3) is 0.278. The fourth-order valence-electron chi connectivity index (χ4n) is 3.00. The monoisotopic (exact) mass is 332 g/mol. The van der Waals surface area contributed by atoms with Crippen LogP contribution in [0.1, 0.15) is 31.0 Å². The van der Waals surface area contributed by atoms with Crippen LogP contribution in [0.25, 0.3) is 0 Å². The van der Waals surface area contributed by atoms with Crippen molar-refractivity contribution in [3.05, 3.63) is 58.4 Å². The number of carbonyl (C=O) groups excluding carboxylic acids is 1. The molecule has 1 amide bonds. The van der Waals surface area contributed by atoms with Crippen LogP contribution >= 0.6 is 11.6 Å². The predicted molar refractivity (Wildman–Crippen MR) is 91.6 cm³/mol. The Labute approximate surface area is 140 Å². The van der Waals surface area contributed by atoms with Crippen molar-refractivity contribution in [2.24, 2.45) is 0 Å². The van der Waals surface area contributed by atoms with E-state index in [1.807, 2.05) is 25.1 Å². The summed E-state index contributed by atoms with van der Waals surface area (Å²) in [4.78, 5) is 13.4. The molecule has 1 heterocycles. The number of hydrogen-bond acceptors (Lipinski definition) is 2. The van der Waals surface area contributed by atoms with Gasteiger partial charge in [0.25, 0.3) is 0 Å². The van der Waals surface area contributed by atoms with Crippen LogP contribution in [-0.4, -0.2) is 12.5 Å². The molecule has 23 heavy (non-hydrogen) atoms. The normalized spacial score (nSPS) is 14.5. The van der Waals surface area contributed by atoms with E-state index < -0.39 is 5.82 Å². The van der Waals surface area contributed by atoms with E-state index in [4.69, 9.17) is 11.6 Å². The van der Waals surface area contributed by atoms with Crippen molar-refractivity contribution in [2.75, 3.05) is 16.8 Å². The molecule has 0 radical (unpaired) electrons. The molecule has 1 aliphatic heterocycles. The van der Waals surface area contributed by atoms with E-state index in [0.29, 0.717) is 12.1 Å². The van der Waals surface area contributed by atoms with Gasteiger partial charge in [0.15, 0.2) is 0 Å². The number of nitrogens with zero attached hydrogens (tertiary/aromatic N) is 1. The lowest BCUT2D eigenvalue weighted by Crippen LogP contribution is -2.25. The van der Waals surface area contributed by atoms with Gasteiger partial charge in [-0.1, -0.05) is 23.7 Å². The molecule has 1 N–H and O–H groups in total. The number of carbonyl (C=O) groups is 1. The molecule has 1 unspecified atom stereocenters. The van der Waals surface area contributed by atoms with Gasteiger partial charge in [-0.25, -0.2) is 4.39 Å². The van der Waals surface area contributed by atoms with Gasteiger partial charge in [0.1, 0.15) is 5.82 Å². The highest BCUT2D eigenvalue weighted by Crippen LogP contribution is 2.32. The van der Waals surface area contributed by atoms with Crippen molar-refractivity contribution >= 4 is 28.9 Å². The quantitative estimate of drug-likeness (QED) is 0.893. The first-order valence-corrected chi connectivity index (χ1v) is 7.96. The topological polar surface area (TPSA) is 32.3 Å². The summed E-state index contributed by atoms with van der Waals surface area (Å²) in [6.07, 6.45) is 0.838. The maximum Gasteiger partial charge on any atom is 0.223 e. The smallest absolute Gasteiger partial charge is 0.223 e. The van der Waals surface area contributed by atoms with Crippen LogP contribution < -0.4 is 10.2 Å². The van der Waals surface area contributed by atoms with Crippen molar-refractivity contribution in [1.29, 1.82) is 0 Å². The summed E-state index contributed by atoms with van der Waals surface area (Å²) in [5, 5.41) is 3.42. The summed E-state index contributed by atoms with van der Waals surface area (Å²) in [6, 6.07) is 10.7. The zero-order valence-electron chi connectivity index (χ0n) is 13.1. The lowest BCUT2D eigenvalue weighted by molar-refractivity contribution is -0.116. The van der Waals surface area contributed by atoms with Gasteiger partial charge < -0.3 is 10.2 Å². The Balaban J connectivity index is 1.82. The molecule has 0 saturated carbocycles. The van der Waals surface area contributed by atoms with Crippen molar-refractivity contribution in [3.63, 3.8) is 0 Å². The zero-order valence-corrected chi connectivity index (χ0v) is 13.8. The molecule has 0 spiro atoms. The maximum absolute atomic E-state index is 14.1. The minimum absolute atomic E-state index is 0.0545. The number of benzene rings is 2. The fourth-order valence-corrected chi connectivity index (χ4v) is 3.18. The lowest BCUT2D eigenvalue weighted by atomic mass is 10.1. The van der Waals surface area contributed by atoms with Crippen LogP contribution in [-0.2, 0) is 11.2 Å². The third-order valence-corrected chi connectivity index (χ3v) is 4.48. The molecule has 1 aliphatic rings. The van der Waals surface area contributed by atoms with Gasteiger partial charge in [-0.05, 0) is 43.2 Å². The van der Waals surface area contributed by atoms with Crippen molar-refractivity contribution in [2.45, 2.75) is 26.3 Å². The van der Waals surface area contributed by atoms with Gasteiger partial charge in [-0.2, -0.15) is 0 Å². The summed E-state index contributed by atoms with van der Waals surface area (Å²) >= 11 is 5.84. The molecule has 5 heteroatoms. The van der Waals surface area contributed by atoms with Crippen molar-refractivity contribution < 1.29 is 9.18 Å². The number of anilines is 2. The summed E-state index contributed by atoms with van der Waals surface area (Å²) in [5.74, 6) is -0.336. The standard InChI is InChI=1S/C18H18ClFN2O/c1-11(15-4-3-5-16(19)18(15)20)21-14-6-7-17-13(10-14)8-9-22(17)12(2)23/h3-7,10-11,21H,8-9H2,1-2H3. The summed E-state index contributed by atoms with van der Waals surface area (Å²) in [7, 11) is 0. The van der Waals surface area contributed by atoms with Gasteiger partial charge in [-0.15, -0.1) is 0 Å². The van der Waals surface area contributed by atoms with Gasteiger partial charge in [-0.3, -0.25) is 4.79 Å². The minimum atomic E-state index is -0.391. The molecule has 2 aromatic rings. The van der Waals surface area contributed by atoms with Crippen LogP contribution in [0.3, 0.4) is 0 Å². The van der Waals surface area contributed by atoms with Crippen LogP contribution in [0.5, 0.6) is 0 Å². The SMILES string of the molecule is CC(=O)N1CCc2cc(NC(C)c3cccc(Cl)c3F)ccc21. The minimum Gasteiger partial charge on any atom is -0.378 e. The second kappa shape index (κ2) is 6.20. The Morgan fingerprint density at radius 2 is 2.13 bits per heavy atom. The third kappa shape index (κ3) is 3.04. The Hall–Kier alpha value is -2.07. The third-order valence-electron chi connectivity index (χ3n) is 4.19. The van der Waals surface area contributed by atoms with Crippen LogP contribution in [0.4, 0.5) is 15.8 Å². The molecule has 3 nitrogen and oxygen atoms in total. The van der Waals surface area contributed by atoms with E-state index in [0.717, 1.165) is 23.4 Å². The molecule has 1 atom stereocenters. The molecular formula is C18H18ClFN2O. The van der Waals surface area contributed by atoms with Crippen molar-refractivity contribution in [3.8, 4) is 0 Å². The first-order valence-electron chi connectivity index (χ1n) is 7.59. The molecule has 3 rings (SSSR count). The Morgan fingerprint density at radius 1 is 1.35 bits per heavy atom. The average Bonchev–Trinajstić information content (AvgIpc) is 2.93. The average molecular weight is 333 g/mol. The molecule has 0 saturated heterocycles. The number of amides is 1. The van der Waals surface area contributed by atoms with Crippen LogP contribution in [0.2, 0.25) is 5.02 Å². The highest BCUT2D eigenvalue weighted by atomic mass is 35.5.